The Balaban J connectivity index is 1.82. The molecule has 3 rings (SSSR count). The van der Waals surface area contributed by atoms with Crippen LogP contribution in [-0.4, -0.2) is 9.55 Å². The van der Waals surface area contributed by atoms with Gasteiger partial charge in [0.15, 0.2) is 0 Å². The summed E-state index contributed by atoms with van der Waals surface area (Å²) in [6.45, 7) is 3.41. The highest BCUT2D eigenvalue weighted by Gasteiger charge is 2.17. The number of hydrogen-bond donors (Lipinski definition) is 0. The zero-order chi connectivity index (χ0) is 11.0. The van der Waals surface area contributed by atoms with Gasteiger partial charge in [-0.3, -0.25) is 0 Å². The summed E-state index contributed by atoms with van der Waals surface area (Å²) in [4.78, 5) is 4.68. The Bertz CT molecular complexity index is 470. The standard InChI is InChI=1S/C13H16N2O/c1-10-4-5-15-9-11(14-13(15)7-10)8-12-3-2-6-16-12/h2-3,6,9-10H,4-5,7-8H2,1H3. The number of imidazole rings is 1. The third-order valence-corrected chi connectivity index (χ3v) is 3.24. The molecule has 0 saturated heterocycles. The van der Waals surface area contributed by atoms with Crippen molar-refractivity contribution in [2.24, 2.45) is 5.92 Å². The van der Waals surface area contributed by atoms with Gasteiger partial charge in [0.05, 0.1) is 12.0 Å². The van der Waals surface area contributed by atoms with Crippen LogP contribution in [0.4, 0.5) is 0 Å². The molecule has 3 heteroatoms. The predicted molar refractivity (Wildman–Crippen MR) is 61.2 cm³/mol. The molecule has 0 spiro atoms. The zero-order valence-electron chi connectivity index (χ0n) is 9.52. The van der Waals surface area contributed by atoms with Crippen LogP contribution in [0.1, 0.15) is 30.6 Å². The summed E-state index contributed by atoms with van der Waals surface area (Å²) in [5, 5.41) is 0. The van der Waals surface area contributed by atoms with E-state index in [0.29, 0.717) is 0 Å². The number of aryl methyl sites for hydroxylation is 1. The molecule has 1 aliphatic heterocycles. The van der Waals surface area contributed by atoms with E-state index in [-0.39, 0.29) is 0 Å². The molecule has 1 atom stereocenters. The van der Waals surface area contributed by atoms with Gasteiger partial charge in [0.25, 0.3) is 0 Å². The van der Waals surface area contributed by atoms with Crippen molar-refractivity contribution >= 4 is 0 Å². The topological polar surface area (TPSA) is 31.0 Å². The van der Waals surface area contributed by atoms with E-state index in [1.54, 1.807) is 6.26 Å². The lowest BCUT2D eigenvalue weighted by Crippen LogP contribution is -2.16. The zero-order valence-corrected chi connectivity index (χ0v) is 9.52. The fraction of sp³-hybridized carbons (Fsp3) is 0.462. The number of furan rings is 1. The van der Waals surface area contributed by atoms with E-state index in [2.05, 4.69) is 22.7 Å². The lowest BCUT2D eigenvalue weighted by atomic mass is 10.0. The monoisotopic (exact) mass is 216 g/mol. The van der Waals surface area contributed by atoms with Gasteiger partial charge in [-0.2, -0.15) is 0 Å². The van der Waals surface area contributed by atoms with E-state index in [9.17, 15) is 0 Å². The van der Waals surface area contributed by atoms with Crippen LogP contribution < -0.4 is 0 Å². The first-order valence-electron chi connectivity index (χ1n) is 5.88. The molecular weight excluding hydrogens is 200 g/mol. The largest absolute Gasteiger partial charge is 0.469 e. The van der Waals surface area contributed by atoms with Crippen molar-refractivity contribution in [3.63, 3.8) is 0 Å². The van der Waals surface area contributed by atoms with Crippen molar-refractivity contribution in [1.82, 2.24) is 9.55 Å². The fourth-order valence-electron chi connectivity index (χ4n) is 2.32. The first-order chi connectivity index (χ1) is 7.81. The lowest BCUT2D eigenvalue weighted by Gasteiger charge is -2.18. The van der Waals surface area contributed by atoms with Crippen LogP contribution >= 0.6 is 0 Å². The maximum absolute atomic E-state index is 5.34. The average molecular weight is 216 g/mol. The van der Waals surface area contributed by atoms with Crippen LogP contribution in [-0.2, 0) is 19.4 Å². The summed E-state index contributed by atoms with van der Waals surface area (Å²) in [6.07, 6.45) is 7.07. The minimum absolute atomic E-state index is 0.770. The van der Waals surface area contributed by atoms with Gasteiger partial charge in [0, 0.05) is 25.6 Å². The second-order valence-electron chi connectivity index (χ2n) is 4.70. The summed E-state index contributed by atoms with van der Waals surface area (Å²) < 4.78 is 7.63. The summed E-state index contributed by atoms with van der Waals surface area (Å²) in [5.74, 6) is 3.00. The van der Waals surface area contributed by atoms with E-state index in [1.807, 2.05) is 12.1 Å². The second-order valence-corrected chi connectivity index (χ2v) is 4.70. The van der Waals surface area contributed by atoms with Gasteiger partial charge >= 0.3 is 0 Å². The highest BCUT2D eigenvalue weighted by Crippen LogP contribution is 2.20. The van der Waals surface area contributed by atoms with Crippen molar-refractivity contribution in [1.29, 1.82) is 0 Å². The van der Waals surface area contributed by atoms with Crippen molar-refractivity contribution < 1.29 is 4.42 Å². The Labute approximate surface area is 95.1 Å². The fourth-order valence-corrected chi connectivity index (χ4v) is 2.32. The molecule has 16 heavy (non-hydrogen) atoms. The molecule has 0 fully saturated rings. The van der Waals surface area contributed by atoms with E-state index >= 15 is 0 Å². The maximum atomic E-state index is 5.34. The van der Waals surface area contributed by atoms with E-state index < -0.39 is 0 Å². The first-order valence-corrected chi connectivity index (χ1v) is 5.88. The van der Waals surface area contributed by atoms with Gasteiger partial charge in [0.1, 0.15) is 11.6 Å². The summed E-state index contributed by atoms with van der Waals surface area (Å²) >= 11 is 0. The number of aromatic nitrogens is 2. The van der Waals surface area contributed by atoms with Crippen molar-refractivity contribution in [2.45, 2.75) is 32.7 Å². The Kier molecular flexibility index (Phi) is 2.31. The molecule has 0 amide bonds. The highest BCUT2D eigenvalue weighted by atomic mass is 16.3. The molecule has 0 saturated carbocycles. The lowest BCUT2D eigenvalue weighted by molar-refractivity contribution is 0.409. The van der Waals surface area contributed by atoms with Crippen LogP contribution in [0.25, 0.3) is 0 Å². The summed E-state index contributed by atoms with van der Waals surface area (Å²) in [5.41, 5.74) is 1.12. The molecule has 3 nitrogen and oxygen atoms in total. The number of rotatable bonds is 2. The molecule has 1 aliphatic rings. The molecule has 3 heterocycles. The number of hydrogen-bond acceptors (Lipinski definition) is 2. The molecule has 0 radical (unpaired) electrons. The van der Waals surface area contributed by atoms with Gasteiger partial charge in [0.2, 0.25) is 0 Å². The minimum Gasteiger partial charge on any atom is -0.469 e. The molecular formula is C13H16N2O. The smallest absolute Gasteiger partial charge is 0.109 e. The molecule has 84 valence electrons. The third-order valence-electron chi connectivity index (χ3n) is 3.24. The Morgan fingerprint density at radius 3 is 3.31 bits per heavy atom. The van der Waals surface area contributed by atoms with Crippen molar-refractivity contribution in [3.8, 4) is 0 Å². The molecule has 0 bridgehead atoms. The molecule has 2 aromatic rings. The first kappa shape index (κ1) is 9.70. The Morgan fingerprint density at radius 2 is 2.50 bits per heavy atom. The van der Waals surface area contributed by atoms with Gasteiger partial charge in [-0.25, -0.2) is 4.98 Å². The van der Waals surface area contributed by atoms with Crippen LogP contribution in [0.5, 0.6) is 0 Å². The van der Waals surface area contributed by atoms with E-state index in [4.69, 9.17) is 4.42 Å². The van der Waals surface area contributed by atoms with Gasteiger partial charge in [-0.05, 0) is 24.5 Å². The van der Waals surface area contributed by atoms with Crippen LogP contribution in [0.3, 0.4) is 0 Å². The predicted octanol–water partition coefficient (Wildman–Crippen LogP) is 2.65. The molecule has 0 N–H and O–H groups in total. The summed E-state index contributed by atoms with van der Waals surface area (Å²) in [7, 11) is 0. The van der Waals surface area contributed by atoms with Gasteiger partial charge in [-0.15, -0.1) is 0 Å². The van der Waals surface area contributed by atoms with Crippen LogP contribution in [0.2, 0.25) is 0 Å². The second kappa shape index (κ2) is 3.81. The minimum atomic E-state index is 0.770. The summed E-state index contributed by atoms with van der Waals surface area (Å²) in [6, 6.07) is 3.92. The normalized spacial score (nSPS) is 19.7. The molecule has 1 unspecified atom stereocenters. The van der Waals surface area contributed by atoms with Crippen molar-refractivity contribution in [3.05, 3.63) is 41.9 Å². The number of fused-ring (bicyclic) bond motifs is 1. The van der Waals surface area contributed by atoms with Gasteiger partial charge in [-0.1, -0.05) is 6.92 Å². The quantitative estimate of drug-likeness (QED) is 0.772. The van der Waals surface area contributed by atoms with Crippen LogP contribution in [0.15, 0.2) is 29.0 Å². The Morgan fingerprint density at radius 1 is 1.56 bits per heavy atom. The van der Waals surface area contributed by atoms with Crippen molar-refractivity contribution in [2.75, 3.05) is 0 Å². The molecule has 0 aliphatic carbocycles. The average Bonchev–Trinajstić information content (AvgIpc) is 2.86. The van der Waals surface area contributed by atoms with E-state index in [0.717, 1.165) is 36.8 Å². The number of nitrogens with zero attached hydrogens (tertiary/aromatic N) is 2. The van der Waals surface area contributed by atoms with E-state index in [1.165, 1.54) is 12.2 Å². The highest BCUT2D eigenvalue weighted by molar-refractivity contribution is 5.14. The van der Waals surface area contributed by atoms with Gasteiger partial charge < -0.3 is 8.98 Å². The Hall–Kier alpha value is -1.51. The maximum Gasteiger partial charge on any atom is 0.109 e. The molecule has 0 aromatic carbocycles. The molecule has 2 aromatic heterocycles. The third kappa shape index (κ3) is 1.77. The SMILES string of the molecule is CC1CCn2cc(Cc3ccco3)nc2C1. The van der Waals surface area contributed by atoms with Crippen LogP contribution in [0, 0.1) is 5.92 Å².